The zero-order valence-electron chi connectivity index (χ0n) is 6.79. The van der Waals surface area contributed by atoms with Crippen LogP contribution in [0.25, 0.3) is 0 Å². The summed E-state index contributed by atoms with van der Waals surface area (Å²) in [6, 6.07) is 7.20. The minimum atomic E-state index is -0.389. The van der Waals surface area contributed by atoms with Gasteiger partial charge in [0.05, 0.1) is 6.54 Å². The van der Waals surface area contributed by atoms with E-state index < -0.39 is 0 Å². The average molecular weight is 164 g/mol. The van der Waals surface area contributed by atoms with E-state index in [1.54, 1.807) is 12.1 Å². The predicted octanol–water partition coefficient (Wildman–Crippen LogP) is -0.360. The summed E-state index contributed by atoms with van der Waals surface area (Å²) in [5.74, 6) is -0.389. The molecule has 0 radical (unpaired) electrons. The Kier molecular flexibility index (Phi) is 2.82. The number of amides is 1. The largest absolute Gasteiger partial charge is 0.475 e. The first kappa shape index (κ1) is 8.74. The van der Waals surface area contributed by atoms with E-state index in [-0.39, 0.29) is 5.91 Å². The molecule has 0 bridgehead atoms. The Bertz CT molecular complexity index is 266. The lowest BCUT2D eigenvalue weighted by atomic mass is 10.1. The van der Waals surface area contributed by atoms with Crippen molar-refractivity contribution in [1.29, 1.82) is 0 Å². The van der Waals surface area contributed by atoms with Crippen molar-refractivity contribution in [3.63, 3.8) is 0 Å². The van der Waals surface area contributed by atoms with Crippen molar-refractivity contribution in [1.82, 2.24) is 0 Å². The van der Waals surface area contributed by atoms with Crippen molar-refractivity contribution in [3.05, 3.63) is 42.4 Å². The zero-order chi connectivity index (χ0) is 8.97. The van der Waals surface area contributed by atoms with Gasteiger partial charge >= 0.3 is 0 Å². The summed E-state index contributed by atoms with van der Waals surface area (Å²) >= 11 is 0. The monoisotopic (exact) mass is 164 g/mol. The molecule has 0 spiro atoms. The van der Waals surface area contributed by atoms with Gasteiger partial charge in [-0.05, 0) is 12.1 Å². The molecule has 0 saturated heterocycles. The fourth-order valence-electron chi connectivity index (χ4n) is 0.972. The lowest BCUT2D eigenvalue weighted by molar-refractivity contribution is -0.612. The Morgan fingerprint density at radius 1 is 1.42 bits per heavy atom. The SMILES string of the molecule is [CH2-][NH2+]Cc1ccc(C(N)=O)cc1. The van der Waals surface area contributed by atoms with Gasteiger partial charge in [-0.15, -0.1) is 0 Å². The van der Waals surface area contributed by atoms with E-state index in [0.29, 0.717) is 5.56 Å². The summed E-state index contributed by atoms with van der Waals surface area (Å²) in [6.07, 6.45) is 0. The van der Waals surface area contributed by atoms with Crippen LogP contribution in [-0.2, 0) is 6.54 Å². The van der Waals surface area contributed by atoms with Crippen molar-refractivity contribution in [2.75, 3.05) is 0 Å². The van der Waals surface area contributed by atoms with Gasteiger partial charge in [0.1, 0.15) is 0 Å². The fourth-order valence-corrected chi connectivity index (χ4v) is 0.972. The normalized spacial score (nSPS) is 9.75. The van der Waals surface area contributed by atoms with Crippen molar-refractivity contribution < 1.29 is 10.1 Å². The highest BCUT2D eigenvalue weighted by molar-refractivity contribution is 5.92. The molecule has 3 nitrogen and oxygen atoms in total. The molecule has 1 aromatic rings. The first-order valence-corrected chi connectivity index (χ1v) is 3.73. The molecule has 0 atom stereocenters. The molecule has 1 rings (SSSR count). The highest BCUT2D eigenvalue weighted by atomic mass is 16.1. The summed E-state index contributed by atoms with van der Waals surface area (Å²) in [5.41, 5.74) is 6.76. The molecule has 0 fully saturated rings. The maximum Gasteiger partial charge on any atom is 0.248 e. The molecule has 0 aliphatic rings. The Hall–Kier alpha value is -1.35. The van der Waals surface area contributed by atoms with Crippen molar-refractivity contribution >= 4 is 5.91 Å². The van der Waals surface area contributed by atoms with Crippen LogP contribution in [0.2, 0.25) is 0 Å². The van der Waals surface area contributed by atoms with Crippen molar-refractivity contribution in [2.45, 2.75) is 6.54 Å². The van der Waals surface area contributed by atoms with E-state index in [4.69, 9.17) is 5.73 Å². The van der Waals surface area contributed by atoms with E-state index in [0.717, 1.165) is 12.1 Å². The van der Waals surface area contributed by atoms with Gasteiger partial charge < -0.3 is 11.1 Å². The first-order chi connectivity index (χ1) is 5.74. The summed E-state index contributed by atoms with van der Waals surface area (Å²) in [6.45, 7) is 0.818. The molecule has 4 N–H and O–H groups in total. The third-order valence-electron chi connectivity index (χ3n) is 1.62. The van der Waals surface area contributed by atoms with Crippen LogP contribution in [-0.4, -0.2) is 5.91 Å². The van der Waals surface area contributed by atoms with Gasteiger partial charge in [-0.2, -0.15) is 7.05 Å². The predicted molar refractivity (Wildman–Crippen MR) is 45.9 cm³/mol. The zero-order valence-corrected chi connectivity index (χ0v) is 6.79. The van der Waals surface area contributed by atoms with Crippen LogP contribution in [0.3, 0.4) is 0 Å². The molecule has 3 heteroatoms. The molecule has 64 valence electrons. The van der Waals surface area contributed by atoms with Gasteiger partial charge in [0.15, 0.2) is 0 Å². The standard InChI is InChI=1S/C9H12N2O/c1-11-6-7-2-4-8(5-3-7)9(10)12/h2-5H,1,6,11H2,(H2,10,12). The minimum Gasteiger partial charge on any atom is -0.475 e. The van der Waals surface area contributed by atoms with Crippen molar-refractivity contribution in [2.24, 2.45) is 5.73 Å². The molecule has 0 aromatic heterocycles. The number of carbonyl (C=O) groups is 1. The van der Waals surface area contributed by atoms with Gasteiger partial charge in [0.25, 0.3) is 0 Å². The number of quaternary nitrogens is 1. The summed E-state index contributed by atoms with van der Waals surface area (Å²) in [4.78, 5) is 10.7. The second-order valence-corrected chi connectivity index (χ2v) is 2.55. The smallest absolute Gasteiger partial charge is 0.248 e. The maximum atomic E-state index is 10.7. The van der Waals surface area contributed by atoms with Crippen LogP contribution in [0, 0.1) is 7.05 Å². The van der Waals surface area contributed by atoms with E-state index >= 15 is 0 Å². The molecule has 1 aromatic carbocycles. The van der Waals surface area contributed by atoms with Crippen LogP contribution < -0.4 is 11.1 Å². The third kappa shape index (κ3) is 2.07. The average Bonchev–Trinajstić information content (AvgIpc) is 2.06. The second kappa shape index (κ2) is 3.88. The number of rotatable bonds is 3. The van der Waals surface area contributed by atoms with Crippen LogP contribution in [0.5, 0.6) is 0 Å². The topological polar surface area (TPSA) is 59.7 Å². The van der Waals surface area contributed by atoms with Crippen LogP contribution in [0.15, 0.2) is 24.3 Å². The molecular weight excluding hydrogens is 152 g/mol. The number of nitrogens with two attached hydrogens (primary N) is 2. The van der Waals surface area contributed by atoms with Crippen LogP contribution in [0.4, 0.5) is 0 Å². The van der Waals surface area contributed by atoms with E-state index in [9.17, 15) is 4.79 Å². The Morgan fingerprint density at radius 3 is 2.42 bits per heavy atom. The van der Waals surface area contributed by atoms with E-state index in [1.807, 2.05) is 17.4 Å². The van der Waals surface area contributed by atoms with Crippen LogP contribution >= 0.6 is 0 Å². The Morgan fingerprint density at radius 2 is 2.00 bits per heavy atom. The van der Waals surface area contributed by atoms with E-state index in [1.165, 1.54) is 0 Å². The molecule has 0 saturated carbocycles. The Labute approximate surface area is 71.6 Å². The highest BCUT2D eigenvalue weighted by Crippen LogP contribution is 2.01. The molecule has 0 unspecified atom stereocenters. The lowest BCUT2D eigenvalue weighted by Gasteiger charge is -2.00. The third-order valence-corrected chi connectivity index (χ3v) is 1.62. The van der Waals surface area contributed by atoms with Gasteiger partial charge in [-0.3, -0.25) is 4.79 Å². The maximum absolute atomic E-state index is 10.7. The summed E-state index contributed by atoms with van der Waals surface area (Å²) < 4.78 is 0. The quantitative estimate of drug-likeness (QED) is 0.589. The molecule has 1 amide bonds. The first-order valence-electron chi connectivity index (χ1n) is 3.73. The van der Waals surface area contributed by atoms with Gasteiger partial charge in [0.2, 0.25) is 5.91 Å². The molecular formula is C9H12N2O. The Balaban J connectivity index is 2.78. The molecule has 0 aliphatic heterocycles. The molecule has 0 heterocycles. The van der Waals surface area contributed by atoms with Gasteiger partial charge in [-0.25, -0.2) is 0 Å². The number of hydrogen-bond acceptors (Lipinski definition) is 1. The van der Waals surface area contributed by atoms with Crippen LogP contribution in [0.1, 0.15) is 15.9 Å². The van der Waals surface area contributed by atoms with E-state index in [2.05, 4.69) is 7.05 Å². The molecule has 12 heavy (non-hydrogen) atoms. The lowest BCUT2D eigenvalue weighted by Crippen LogP contribution is -2.74. The van der Waals surface area contributed by atoms with Gasteiger partial charge in [-0.1, -0.05) is 12.1 Å². The minimum absolute atomic E-state index is 0.389. The second-order valence-electron chi connectivity index (χ2n) is 2.55. The number of hydrogen-bond donors (Lipinski definition) is 2. The van der Waals surface area contributed by atoms with Gasteiger partial charge in [0, 0.05) is 11.1 Å². The van der Waals surface area contributed by atoms with Crippen molar-refractivity contribution in [3.8, 4) is 0 Å². The summed E-state index contributed by atoms with van der Waals surface area (Å²) in [5, 5.41) is 1.82. The number of carbonyl (C=O) groups excluding carboxylic acids is 1. The number of benzene rings is 1. The number of primary amides is 1. The highest BCUT2D eigenvalue weighted by Gasteiger charge is 1.98. The molecule has 0 aliphatic carbocycles. The fraction of sp³-hybridized carbons (Fsp3) is 0.111. The summed E-state index contributed by atoms with van der Waals surface area (Å²) in [7, 11) is 3.62.